The molecule has 0 unspecified atom stereocenters. The average molecular weight is 282 g/mol. The Labute approximate surface area is 122 Å². The quantitative estimate of drug-likeness (QED) is 0.772. The van der Waals surface area contributed by atoms with E-state index in [0.29, 0.717) is 11.3 Å². The zero-order valence-electron chi connectivity index (χ0n) is 11.6. The number of hydrogen-bond donors (Lipinski definition) is 1. The van der Waals surface area contributed by atoms with E-state index < -0.39 is 0 Å². The van der Waals surface area contributed by atoms with Gasteiger partial charge in [-0.15, -0.1) is 0 Å². The van der Waals surface area contributed by atoms with Crippen molar-refractivity contribution in [2.75, 3.05) is 0 Å². The van der Waals surface area contributed by atoms with Gasteiger partial charge in [-0.1, -0.05) is 30.3 Å². The Morgan fingerprint density at radius 2 is 1.90 bits per heavy atom. The van der Waals surface area contributed by atoms with Crippen molar-refractivity contribution in [1.29, 1.82) is 0 Å². The van der Waals surface area contributed by atoms with Gasteiger partial charge in [-0.05, 0) is 30.7 Å². The lowest BCUT2D eigenvalue weighted by molar-refractivity contribution is 0.221. The van der Waals surface area contributed by atoms with Crippen LogP contribution in [0.1, 0.15) is 18.7 Å². The van der Waals surface area contributed by atoms with Crippen molar-refractivity contribution < 1.29 is 9.13 Å². The summed E-state index contributed by atoms with van der Waals surface area (Å²) in [5.74, 6) is 0.199. The molecule has 0 amide bonds. The lowest BCUT2D eigenvalue weighted by Gasteiger charge is -2.14. The molecule has 0 fully saturated rings. The van der Waals surface area contributed by atoms with E-state index in [-0.39, 0.29) is 11.9 Å². The highest BCUT2D eigenvalue weighted by atomic mass is 19.1. The third-order valence-corrected chi connectivity index (χ3v) is 3.30. The normalized spacial score (nSPS) is 12.1. The molecule has 0 radical (unpaired) electrons. The minimum absolute atomic E-state index is 0.213. The highest BCUT2D eigenvalue weighted by Gasteiger charge is 2.11. The van der Waals surface area contributed by atoms with Gasteiger partial charge in [-0.25, -0.2) is 4.39 Å². The Hall–Kier alpha value is -2.62. The Kier molecular flexibility index (Phi) is 3.69. The number of rotatable bonds is 4. The van der Waals surface area contributed by atoms with E-state index in [4.69, 9.17) is 4.74 Å². The third kappa shape index (κ3) is 2.94. The van der Waals surface area contributed by atoms with Gasteiger partial charge in [0.2, 0.25) is 0 Å². The Morgan fingerprint density at radius 1 is 1.10 bits per heavy atom. The summed E-state index contributed by atoms with van der Waals surface area (Å²) >= 11 is 0. The van der Waals surface area contributed by atoms with Crippen LogP contribution in [0.5, 0.6) is 5.75 Å². The summed E-state index contributed by atoms with van der Waals surface area (Å²) in [6.45, 7) is 1.89. The van der Waals surface area contributed by atoms with Gasteiger partial charge in [-0.2, -0.15) is 5.10 Å². The summed E-state index contributed by atoms with van der Waals surface area (Å²) in [6, 6.07) is 16.2. The highest BCUT2D eigenvalue weighted by Crippen LogP contribution is 2.28. The third-order valence-electron chi connectivity index (χ3n) is 3.30. The molecular formula is C17H15FN2O. The maximum Gasteiger partial charge on any atom is 0.137 e. The lowest BCUT2D eigenvalue weighted by Crippen LogP contribution is -2.04. The van der Waals surface area contributed by atoms with Crippen LogP contribution in [0.4, 0.5) is 4.39 Å². The number of halogens is 1. The topological polar surface area (TPSA) is 37.9 Å². The van der Waals surface area contributed by atoms with Crippen LogP contribution in [0.15, 0.2) is 60.8 Å². The van der Waals surface area contributed by atoms with Crippen molar-refractivity contribution in [3.8, 4) is 16.9 Å². The molecule has 1 heterocycles. The van der Waals surface area contributed by atoms with Crippen molar-refractivity contribution in [2.24, 2.45) is 0 Å². The van der Waals surface area contributed by atoms with Gasteiger partial charge in [0.1, 0.15) is 17.7 Å². The van der Waals surface area contributed by atoms with Crippen LogP contribution in [0, 0.1) is 5.82 Å². The second-order valence-electron chi connectivity index (χ2n) is 4.78. The van der Waals surface area contributed by atoms with Crippen LogP contribution in [-0.4, -0.2) is 10.2 Å². The summed E-state index contributed by atoms with van der Waals surface area (Å²) in [5.41, 5.74) is 2.27. The van der Waals surface area contributed by atoms with E-state index in [1.807, 2.05) is 43.3 Å². The van der Waals surface area contributed by atoms with E-state index in [1.165, 1.54) is 6.07 Å². The smallest absolute Gasteiger partial charge is 0.137 e. The van der Waals surface area contributed by atoms with Crippen LogP contribution in [-0.2, 0) is 0 Å². The van der Waals surface area contributed by atoms with E-state index in [2.05, 4.69) is 10.2 Å². The molecular weight excluding hydrogens is 267 g/mol. The number of H-pyrrole nitrogens is 1. The van der Waals surface area contributed by atoms with E-state index in [1.54, 1.807) is 18.3 Å². The number of nitrogens with one attached hydrogen (secondary N) is 1. The number of aromatic nitrogens is 2. The standard InChI is InChI=1S/C17H15FN2O/c1-12(17-9-10-19-20-17)21-14-7-8-15(16(18)11-14)13-5-3-2-4-6-13/h2-12H,1H3,(H,19,20)/t12-/m0/s1. The van der Waals surface area contributed by atoms with Crippen LogP contribution in [0.25, 0.3) is 11.1 Å². The first-order chi connectivity index (χ1) is 10.2. The maximum atomic E-state index is 14.2. The largest absolute Gasteiger partial charge is 0.484 e. The predicted molar refractivity (Wildman–Crippen MR) is 79.5 cm³/mol. The summed E-state index contributed by atoms with van der Waals surface area (Å²) in [5, 5.41) is 6.72. The first-order valence-corrected chi connectivity index (χ1v) is 6.75. The fourth-order valence-electron chi connectivity index (χ4n) is 2.18. The number of hydrogen-bond acceptors (Lipinski definition) is 2. The summed E-state index contributed by atoms with van der Waals surface area (Å²) in [7, 11) is 0. The minimum Gasteiger partial charge on any atom is -0.484 e. The molecule has 0 saturated carbocycles. The molecule has 0 saturated heterocycles. The maximum absolute atomic E-state index is 14.2. The van der Waals surface area contributed by atoms with Gasteiger partial charge in [0, 0.05) is 17.8 Å². The minimum atomic E-state index is -0.296. The van der Waals surface area contributed by atoms with E-state index >= 15 is 0 Å². The molecule has 0 aliphatic carbocycles. The van der Waals surface area contributed by atoms with E-state index in [9.17, 15) is 4.39 Å². The molecule has 1 atom stereocenters. The predicted octanol–water partition coefficient (Wildman–Crippen LogP) is 4.36. The van der Waals surface area contributed by atoms with Gasteiger partial charge < -0.3 is 4.74 Å². The molecule has 21 heavy (non-hydrogen) atoms. The highest BCUT2D eigenvalue weighted by molar-refractivity contribution is 5.64. The zero-order chi connectivity index (χ0) is 14.7. The molecule has 3 nitrogen and oxygen atoms in total. The molecule has 1 aromatic heterocycles. The van der Waals surface area contributed by atoms with Crippen molar-refractivity contribution in [3.63, 3.8) is 0 Å². The second kappa shape index (κ2) is 5.79. The molecule has 3 rings (SSSR count). The molecule has 4 heteroatoms. The SMILES string of the molecule is C[C@H](Oc1ccc(-c2ccccc2)c(F)c1)c1ccn[nH]1. The van der Waals surface area contributed by atoms with Gasteiger partial charge in [-0.3, -0.25) is 5.10 Å². The number of ether oxygens (including phenoxy) is 1. The number of nitrogens with zero attached hydrogens (tertiary/aromatic N) is 1. The van der Waals surface area contributed by atoms with Crippen LogP contribution in [0.2, 0.25) is 0 Å². The average Bonchev–Trinajstić information content (AvgIpc) is 3.02. The van der Waals surface area contributed by atoms with Gasteiger partial charge in [0.15, 0.2) is 0 Å². The van der Waals surface area contributed by atoms with Gasteiger partial charge >= 0.3 is 0 Å². The zero-order valence-corrected chi connectivity index (χ0v) is 11.6. The van der Waals surface area contributed by atoms with Crippen LogP contribution < -0.4 is 4.74 Å². The van der Waals surface area contributed by atoms with Crippen molar-refractivity contribution in [1.82, 2.24) is 10.2 Å². The Bertz CT molecular complexity index is 711. The monoisotopic (exact) mass is 282 g/mol. The van der Waals surface area contributed by atoms with Crippen LogP contribution >= 0.6 is 0 Å². The number of benzene rings is 2. The second-order valence-corrected chi connectivity index (χ2v) is 4.78. The molecule has 0 aliphatic rings. The number of aromatic amines is 1. The fourth-order valence-corrected chi connectivity index (χ4v) is 2.18. The summed E-state index contributed by atoms with van der Waals surface area (Å²) < 4.78 is 19.9. The fraction of sp³-hybridized carbons (Fsp3) is 0.118. The summed E-state index contributed by atoms with van der Waals surface area (Å²) in [4.78, 5) is 0. The molecule has 0 aliphatic heterocycles. The molecule has 1 N–H and O–H groups in total. The molecule has 2 aromatic carbocycles. The van der Waals surface area contributed by atoms with E-state index in [0.717, 1.165) is 11.3 Å². The molecule has 0 bridgehead atoms. The van der Waals surface area contributed by atoms with Gasteiger partial charge in [0.05, 0.1) is 5.69 Å². The Morgan fingerprint density at radius 3 is 2.57 bits per heavy atom. The molecule has 106 valence electrons. The van der Waals surface area contributed by atoms with Gasteiger partial charge in [0.25, 0.3) is 0 Å². The first-order valence-electron chi connectivity index (χ1n) is 6.75. The molecule has 0 spiro atoms. The van der Waals surface area contributed by atoms with Crippen LogP contribution in [0.3, 0.4) is 0 Å². The van der Waals surface area contributed by atoms with Crippen molar-refractivity contribution in [2.45, 2.75) is 13.0 Å². The molecule has 3 aromatic rings. The lowest BCUT2D eigenvalue weighted by atomic mass is 10.1. The Balaban J connectivity index is 1.82. The summed E-state index contributed by atoms with van der Waals surface area (Å²) in [6.07, 6.45) is 1.45. The first kappa shape index (κ1) is 13.4. The van der Waals surface area contributed by atoms with Crippen molar-refractivity contribution in [3.05, 3.63) is 72.3 Å². The van der Waals surface area contributed by atoms with Crippen molar-refractivity contribution >= 4 is 0 Å².